The lowest BCUT2D eigenvalue weighted by atomic mass is 10.2. The molecular formula is C14H12ClN3OS. The molecule has 1 amide bonds. The molecule has 0 fully saturated rings. The summed E-state index contributed by atoms with van der Waals surface area (Å²) in [7, 11) is 0. The Balaban J connectivity index is 2.02. The molecule has 2 aromatic carbocycles. The van der Waals surface area contributed by atoms with Crippen molar-refractivity contribution in [3.63, 3.8) is 0 Å². The molecule has 0 radical (unpaired) electrons. The molecule has 0 heterocycles. The van der Waals surface area contributed by atoms with Gasteiger partial charge in [-0.1, -0.05) is 17.7 Å². The number of carbonyl (C=O) groups excluding carboxylic acids is 1. The van der Waals surface area contributed by atoms with E-state index in [1.807, 2.05) is 12.1 Å². The van der Waals surface area contributed by atoms with E-state index in [2.05, 4.69) is 10.6 Å². The van der Waals surface area contributed by atoms with E-state index in [0.717, 1.165) is 5.69 Å². The van der Waals surface area contributed by atoms with E-state index >= 15 is 0 Å². The van der Waals surface area contributed by atoms with E-state index in [9.17, 15) is 4.79 Å². The van der Waals surface area contributed by atoms with Crippen molar-refractivity contribution < 1.29 is 4.79 Å². The lowest BCUT2D eigenvalue weighted by Crippen LogP contribution is -2.19. The molecular weight excluding hydrogens is 294 g/mol. The predicted molar refractivity (Wildman–Crippen MR) is 86.3 cm³/mol. The summed E-state index contributed by atoms with van der Waals surface area (Å²) < 4.78 is 0. The number of primary amides is 1. The first-order valence-corrected chi connectivity index (χ1v) is 6.56. The number of benzene rings is 2. The number of nitrogens with two attached hydrogens (primary N) is 1. The van der Waals surface area contributed by atoms with Crippen molar-refractivity contribution in [2.75, 3.05) is 10.6 Å². The van der Waals surface area contributed by atoms with Crippen LogP contribution in [0.15, 0.2) is 48.5 Å². The van der Waals surface area contributed by atoms with Crippen LogP contribution in [0.4, 0.5) is 11.4 Å². The molecule has 0 aromatic heterocycles. The Morgan fingerprint density at radius 1 is 1.05 bits per heavy atom. The average molecular weight is 306 g/mol. The van der Waals surface area contributed by atoms with Gasteiger partial charge in [-0.2, -0.15) is 0 Å². The maximum Gasteiger partial charge on any atom is 0.248 e. The molecule has 0 aliphatic carbocycles. The van der Waals surface area contributed by atoms with Crippen LogP contribution in [0, 0.1) is 0 Å². The molecule has 0 unspecified atom stereocenters. The van der Waals surface area contributed by atoms with E-state index in [0.29, 0.717) is 21.4 Å². The molecule has 20 heavy (non-hydrogen) atoms. The quantitative estimate of drug-likeness (QED) is 0.762. The highest BCUT2D eigenvalue weighted by Crippen LogP contribution is 2.15. The first-order valence-electron chi connectivity index (χ1n) is 5.78. The molecule has 4 nitrogen and oxygen atoms in total. The maximum absolute atomic E-state index is 11.1. The minimum atomic E-state index is -0.481. The highest BCUT2D eigenvalue weighted by molar-refractivity contribution is 7.80. The number of amides is 1. The Labute approximate surface area is 126 Å². The van der Waals surface area contributed by atoms with Crippen molar-refractivity contribution in [2.45, 2.75) is 0 Å². The fourth-order valence-electron chi connectivity index (χ4n) is 1.58. The van der Waals surface area contributed by atoms with E-state index < -0.39 is 5.91 Å². The fourth-order valence-corrected chi connectivity index (χ4v) is 1.94. The number of halogens is 1. The fraction of sp³-hybridized carbons (Fsp3) is 0. The zero-order valence-corrected chi connectivity index (χ0v) is 12.0. The SMILES string of the molecule is NC(=O)c1cccc(NC(=S)Nc2ccc(Cl)cc2)c1. The number of carbonyl (C=O) groups is 1. The molecule has 0 bridgehead atoms. The smallest absolute Gasteiger partial charge is 0.248 e. The second kappa shape index (κ2) is 6.36. The van der Waals surface area contributed by atoms with Crippen molar-refractivity contribution in [1.29, 1.82) is 0 Å². The third kappa shape index (κ3) is 3.94. The topological polar surface area (TPSA) is 67.2 Å². The highest BCUT2D eigenvalue weighted by atomic mass is 35.5. The first-order chi connectivity index (χ1) is 9.54. The predicted octanol–water partition coefficient (Wildman–Crippen LogP) is 3.25. The van der Waals surface area contributed by atoms with Gasteiger partial charge < -0.3 is 16.4 Å². The second-order valence-electron chi connectivity index (χ2n) is 4.03. The summed E-state index contributed by atoms with van der Waals surface area (Å²) in [5.74, 6) is -0.481. The molecule has 102 valence electrons. The molecule has 0 aliphatic rings. The van der Waals surface area contributed by atoms with Crippen LogP contribution in [-0.4, -0.2) is 11.0 Å². The number of rotatable bonds is 3. The number of hydrogen-bond donors (Lipinski definition) is 3. The van der Waals surface area contributed by atoms with E-state index in [4.69, 9.17) is 29.6 Å². The number of hydrogen-bond acceptors (Lipinski definition) is 2. The van der Waals surface area contributed by atoms with Crippen LogP contribution < -0.4 is 16.4 Å². The van der Waals surface area contributed by atoms with E-state index in [1.165, 1.54) is 0 Å². The van der Waals surface area contributed by atoms with Crippen LogP contribution in [0.5, 0.6) is 0 Å². The van der Waals surface area contributed by atoms with Crippen LogP contribution in [0.25, 0.3) is 0 Å². The van der Waals surface area contributed by atoms with Gasteiger partial charge in [-0.05, 0) is 54.7 Å². The Morgan fingerprint density at radius 3 is 2.35 bits per heavy atom. The number of thiocarbonyl (C=S) groups is 1. The van der Waals surface area contributed by atoms with Gasteiger partial charge in [-0.15, -0.1) is 0 Å². The average Bonchev–Trinajstić information content (AvgIpc) is 2.41. The summed E-state index contributed by atoms with van der Waals surface area (Å²) >= 11 is 11.0. The summed E-state index contributed by atoms with van der Waals surface area (Å²) in [5.41, 5.74) is 7.15. The first kappa shape index (κ1) is 14.3. The molecule has 0 spiro atoms. The standard InChI is InChI=1S/C14H12ClN3OS/c15-10-4-6-11(7-5-10)17-14(20)18-12-3-1-2-9(8-12)13(16)19/h1-8H,(H2,16,19)(H2,17,18,20). The van der Waals surface area contributed by atoms with Crippen LogP contribution in [0.3, 0.4) is 0 Å². The Morgan fingerprint density at radius 2 is 1.70 bits per heavy atom. The Kier molecular flexibility index (Phi) is 4.55. The van der Waals surface area contributed by atoms with Crippen LogP contribution in [0.1, 0.15) is 10.4 Å². The van der Waals surface area contributed by atoms with Crippen LogP contribution >= 0.6 is 23.8 Å². The lowest BCUT2D eigenvalue weighted by Gasteiger charge is -2.11. The molecule has 0 saturated heterocycles. The maximum atomic E-state index is 11.1. The monoisotopic (exact) mass is 305 g/mol. The summed E-state index contributed by atoms with van der Waals surface area (Å²) in [6, 6.07) is 14.0. The third-order valence-electron chi connectivity index (χ3n) is 2.51. The Bertz CT molecular complexity index is 643. The molecule has 0 aliphatic heterocycles. The van der Waals surface area contributed by atoms with Gasteiger partial charge in [0.25, 0.3) is 0 Å². The summed E-state index contributed by atoms with van der Waals surface area (Å²) in [5, 5.41) is 7.06. The van der Waals surface area contributed by atoms with Gasteiger partial charge in [0.1, 0.15) is 0 Å². The molecule has 6 heteroatoms. The van der Waals surface area contributed by atoms with Gasteiger partial charge in [0.2, 0.25) is 5.91 Å². The molecule has 2 aromatic rings. The van der Waals surface area contributed by atoms with Gasteiger partial charge in [-0.3, -0.25) is 4.79 Å². The minimum Gasteiger partial charge on any atom is -0.366 e. The van der Waals surface area contributed by atoms with Crippen LogP contribution in [0.2, 0.25) is 5.02 Å². The molecule has 0 saturated carbocycles. The lowest BCUT2D eigenvalue weighted by molar-refractivity contribution is 0.100. The largest absolute Gasteiger partial charge is 0.366 e. The van der Waals surface area contributed by atoms with Crippen molar-refractivity contribution in [3.8, 4) is 0 Å². The molecule has 2 rings (SSSR count). The molecule has 0 atom stereocenters. The van der Waals surface area contributed by atoms with Gasteiger partial charge >= 0.3 is 0 Å². The van der Waals surface area contributed by atoms with E-state index in [1.54, 1.807) is 36.4 Å². The van der Waals surface area contributed by atoms with Crippen LogP contribution in [-0.2, 0) is 0 Å². The normalized spacial score (nSPS) is 9.85. The minimum absolute atomic E-state index is 0.411. The van der Waals surface area contributed by atoms with Gasteiger partial charge in [0, 0.05) is 22.0 Å². The molecule has 4 N–H and O–H groups in total. The summed E-state index contributed by atoms with van der Waals surface area (Å²) in [6.07, 6.45) is 0. The van der Waals surface area contributed by atoms with Gasteiger partial charge in [0.05, 0.1) is 0 Å². The second-order valence-corrected chi connectivity index (χ2v) is 4.88. The summed E-state index contributed by atoms with van der Waals surface area (Å²) in [6.45, 7) is 0. The number of anilines is 2. The zero-order valence-electron chi connectivity index (χ0n) is 10.4. The van der Waals surface area contributed by atoms with Crippen molar-refractivity contribution in [1.82, 2.24) is 0 Å². The van der Waals surface area contributed by atoms with Crippen molar-refractivity contribution in [3.05, 3.63) is 59.1 Å². The highest BCUT2D eigenvalue weighted by Gasteiger charge is 2.03. The van der Waals surface area contributed by atoms with Crippen molar-refractivity contribution in [2.24, 2.45) is 5.73 Å². The Hall–Kier alpha value is -2.11. The zero-order chi connectivity index (χ0) is 14.5. The van der Waals surface area contributed by atoms with E-state index in [-0.39, 0.29) is 0 Å². The van der Waals surface area contributed by atoms with Crippen molar-refractivity contribution >= 4 is 46.2 Å². The van der Waals surface area contributed by atoms with Gasteiger partial charge in [-0.25, -0.2) is 0 Å². The van der Waals surface area contributed by atoms with Gasteiger partial charge in [0.15, 0.2) is 5.11 Å². The number of nitrogens with one attached hydrogen (secondary N) is 2. The third-order valence-corrected chi connectivity index (χ3v) is 2.96. The summed E-state index contributed by atoms with van der Waals surface area (Å²) in [4.78, 5) is 11.1.